The Morgan fingerprint density at radius 3 is 2.60 bits per heavy atom. The number of carbonyl (C=O) groups is 1. The third-order valence-electron chi connectivity index (χ3n) is 3.29. The van der Waals surface area contributed by atoms with E-state index in [0.29, 0.717) is 0 Å². The van der Waals surface area contributed by atoms with Crippen LogP contribution in [0, 0.1) is 0 Å². The molecule has 0 saturated carbocycles. The van der Waals surface area contributed by atoms with Gasteiger partial charge in [0.25, 0.3) is 0 Å². The number of amides is 1. The standard InChI is InChI=1S/C13H23N5O2/c1-12(2,3)20-11(19)16-13(5-7-14-8-6-13)10-9-15-18(4)17-10/h9,14H,5-8H2,1-4H3,(H,16,19). The molecule has 0 radical (unpaired) electrons. The molecular formula is C13H23N5O2. The van der Waals surface area contributed by atoms with Gasteiger partial charge in [0.15, 0.2) is 0 Å². The van der Waals surface area contributed by atoms with Gasteiger partial charge in [0, 0.05) is 7.05 Å². The SMILES string of the molecule is Cn1ncc(C2(NC(=O)OC(C)(C)C)CCNCC2)n1. The lowest BCUT2D eigenvalue weighted by Crippen LogP contribution is -2.53. The van der Waals surface area contributed by atoms with Gasteiger partial charge in [0.05, 0.1) is 11.7 Å². The third kappa shape index (κ3) is 3.47. The number of nitrogens with zero attached hydrogens (tertiary/aromatic N) is 3. The van der Waals surface area contributed by atoms with E-state index in [2.05, 4.69) is 20.8 Å². The third-order valence-corrected chi connectivity index (χ3v) is 3.29. The molecule has 1 aromatic rings. The van der Waals surface area contributed by atoms with Gasteiger partial charge >= 0.3 is 6.09 Å². The number of hydrogen-bond acceptors (Lipinski definition) is 5. The van der Waals surface area contributed by atoms with Crippen molar-refractivity contribution in [1.82, 2.24) is 25.6 Å². The number of nitrogens with one attached hydrogen (secondary N) is 2. The molecule has 1 fully saturated rings. The van der Waals surface area contributed by atoms with Gasteiger partial charge in [-0.3, -0.25) is 0 Å². The molecule has 1 amide bonds. The van der Waals surface area contributed by atoms with E-state index < -0.39 is 17.2 Å². The average molecular weight is 281 g/mol. The minimum absolute atomic E-state index is 0.412. The second-order valence-electron chi connectivity index (χ2n) is 6.18. The van der Waals surface area contributed by atoms with Crippen molar-refractivity contribution in [2.75, 3.05) is 13.1 Å². The molecule has 2 rings (SSSR count). The van der Waals surface area contributed by atoms with Gasteiger partial charge in [-0.25, -0.2) is 4.79 Å². The maximum atomic E-state index is 12.1. The number of piperidine rings is 1. The molecule has 1 saturated heterocycles. The number of alkyl carbamates (subject to hydrolysis) is 1. The molecule has 2 heterocycles. The molecule has 1 aliphatic heterocycles. The van der Waals surface area contributed by atoms with Crippen molar-refractivity contribution in [1.29, 1.82) is 0 Å². The van der Waals surface area contributed by atoms with Gasteiger partial charge in [0.2, 0.25) is 0 Å². The number of hydrogen-bond donors (Lipinski definition) is 2. The number of rotatable bonds is 2. The molecule has 0 unspecified atom stereocenters. The van der Waals surface area contributed by atoms with E-state index in [1.165, 1.54) is 4.80 Å². The lowest BCUT2D eigenvalue weighted by atomic mass is 9.85. The molecular weight excluding hydrogens is 258 g/mol. The maximum Gasteiger partial charge on any atom is 0.408 e. The predicted octanol–water partition coefficient (Wildman–Crippen LogP) is 0.918. The van der Waals surface area contributed by atoms with Gasteiger partial charge in [-0.15, -0.1) is 0 Å². The molecule has 0 atom stereocenters. The van der Waals surface area contributed by atoms with Gasteiger partial charge in [-0.1, -0.05) is 0 Å². The van der Waals surface area contributed by atoms with Crippen molar-refractivity contribution in [3.63, 3.8) is 0 Å². The lowest BCUT2D eigenvalue weighted by molar-refractivity contribution is 0.0422. The quantitative estimate of drug-likeness (QED) is 0.842. The van der Waals surface area contributed by atoms with E-state index >= 15 is 0 Å². The molecule has 7 heteroatoms. The fraction of sp³-hybridized carbons (Fsp3) is 0.769. The molecule has 2 N–H and O–H groups in total. The topological polar surface area (TPSA) is 81.1 Å². The molecule has 112 valence electrons. The number of carbonyl (C=O) groups excluding carboxylic acids is 1. The van der Waals surface area contributed by atoms with Crippen LogP contribution in [0.25, 0.3) is 0 Å². The highest BCUT2D eigenvalue weighted by atomic mass is 16.6. The zero-order valence-corrected chi connectivity index (χ0v) is 12.6. The Morgan fingerprint density at radius 1 is 1.45 bits per heavy atom. The molecule has 0 aliphatic carbocycles. The highest BCUT2D eigenvalue weighted by molar-refractivity contribution is 5.69. The van der Waals surface area contributed by atoms with Crippen molar-refractivity contribution in [3.05, 3.63) is 11.9 Å². The Balaban J connectivity index is 2.18. The average Bonchev–Trinajstić information content (AvgIpc) is 2.75. The first kappa shape index (κ1) is 14.8. The largest absolute Gasteiger partial charge is 0.444 e. The van der Waals surface area contributed by atoms with Crippen LogP contribution in [0.5, 0.6) is 0 Å². The monoisotopic (exact) mass is 281 g/mol. The summed E-state index contributed by atoms with van der Waals surface area (Å²) >= 11 is 0. The number of aryl methyl sites for hydroxylation is 1. The van der Waals surface area contributed by atoms with Crippen LogP contribution in [0.4, 0.5) is 4.79 Å². The summed E-state index contributed by atoms with van der Waals surface area (Å²) in [6, 6.07) is 0. The summed E-state index contributed by atoms with van der Waals surface area (Å²) in [6.45, 7) is 7.21. The van der Waals surface area contributed by atoms with Crippen LogP contribution in [0.15, 0.2) is 6.20 Å². The van der Waals surface area contributed by atoms with Gasteiger partial charge in [-0.05, 0) is 46.7 Å². The molecule has 20 heavy (non-hydrogen) atoms. The second kappa shape index (κ2) is 5.40. The van der Waals surface area contributed by atoms with Crippen LogP contribution in [0.1, 0.15) is 39.3 Å². The summed E-state index contributed by atoms with van der Waals surface area (Å²) in [5.74, 6) is 0. The highest BCUT2D eigenvalue weighted by Gasteiger charge is 2.39. The van der Waals surface area contributed by atoms with Crippen LogP contribution in [-0.2, 0) is 17.3 Å². The minimum Gasteiger partial charge on any atom is -0.444 e. The minimum atomic E-state index is -0.513. The van der Waals surface area contributed by atoms with Crippen LogP contribution in [0.2, 0.25) is 0 Å². The van der Waals surface area contributed by atoms with E-state index in [9.17, 15) is 4.79 Å². The highest BCUT2D eigenvalue weighted by Crippen LogP contribution is 2.29. The van der Waals surface area contributed by atoms with Gasteiger partial charge < -0.3 is 15.4 Å². The second-order valence-corrected chi connectivity index (χ2v) is 6.18. The van der Waals surface area contributed by atoms with Gasteiger partial charge in [-0.2, -0.15) is 15.0 Å². The molecule has 7 nitrogen and oxygen atoms in total. The van der Waals surface area contributed by atoms with Crippen LogP contribution in [-0.4, -0.2) is 39.8 Å². The molecule has 0 aromatic carbocycles. The fourth-order valence-corrected chi connectivity index (χ4v) is 2.36. The molecule has 1 aliphatic rings. The van der Waals surface area contributed by atoms with Crippen molar-refractivity contribution < 1.29 is 9.53 Å². The summed E-state index contributed by atoms with van der Waals surface area (Å²) in [6.07, 6.45) is 2.84. The number of ether oxygens (including phenoxy) is 1. The summed E-state index contributed by atoms with van der Waals surface area (Å²) in [4.78, 5) is 13.6. The summed E-state index contributed by atoms with van der Waals surface area (Å²) in [5.41, 5.74) is -0.227. The van der Waals surface area contributed by atoms with Crippen molar-refractivity contribution in [3.8, 4) is 0 Å². The predicted molar refractivity (Wildman–Crippen MR) is 74.2 cm³/mol. The summed E-state index contributed by atoms with van der Waals surface area (Å²) < 4.78 is 5.37. The Morgan fingerprint density at radius 2 is 2.10 bits per heavy atom. The Labute approximate surface area is 119 Å². The smallest absolute Gasteiger partial charge is 0.408 e. The molecule has 1 aromatic heterocycles. The van der Waals surface area contributed by atoms with Crippen LogP contribution < -0.4 is 10.6 Å². The van der Waals surface area contributed by atoms with E-state index in [1.807, 2.05) is 20.8 Å². The van der Waals surface area contributed by atoms with Crippen molar-refractivity contribution >= 4 is 6.09 Å². The summed E-state index contributed by atoms with van der Waals surface area (Å²) in [5, 5.41) is 14.8. The zero-order chi connectivity index (χ0) is 14.8. The molecule has 0 bridgehead atoms. The molecule has 0 spiro atoms. The normalized spacial score (nSPS) is 18.6. The fourth-order valence-electron chi connectivity index (χ4n) is 2.36. The Hall–Kier alpha value is -1.63. The first-order valence-electron chi connectivity index (χ1n) is 6.89. The van der Waals surface area contributed by atoms with Crippen LogP contribution >= 0.6 is 0 Å². The van der Waals surface area contributed by atoms with E-state index in [1.54, 1.807) is 13.2 Å². The van der Waals surface area contributed by atoms with Gasteiger partial charge in [0.1, 0.15) is 11.3 Å². The number of aromatic nitrogens is 3. The van der Waals surface area contributed by atoms with Crippen LogP contribution in [0.3, 0.4) is 0 Å². The maximum absolute atomic E-state index is 12.1. The first-order valence-corrected chi connectivity index (χ1v) is 6.89. The summed E-state index contributed by atoms with van der Waals surface area (Å²) in [7, 11) is 1.77. The van der Waals surface area contributed by atoms with E-state index in [-0.39, 0.29) is 0 Å². The van der Waals surface area contributed by atoms with Crippen molar-refractivity contribution in [2.45, 2.75) is 44.8 Å². The zero-order valence-electron chi connectivity index (χ0n) is 12.6. The lowest BCUT2D eigenvalue weighted by Gasteiger charge is -2.37. The Kier molecular flexibility index (Phi) is 3.99. The first-order chi connectivity index (χ1) is 9.31. The van der Waals surface area contributed by atoms with Crippen molar-refractivity contribution in [2.24, 2.45) is 7.05 Å². The van der Waals surface area contributed by atoms with E-state index in [0.717, 1.165) is 31.6 Å². The Bertz CT molecular complexity index is 471. The van der Waals surface area contributed by atoms with E-state index in [4.69, 9.17) is 4.74 Å².